The van der Waals surface area contributed by atoms with E-state index in [2.05, 4.69) is 26.0 Å². The molecule has 2 nitrogen and oxygen atoms in total. The van der Waals surface area contributed by atoms with Crippen molar-refractivity contribution in [2.45, 2.75) is 59.3 Å². The third kappa shape index (κ3) is 2.98. The summed E-state index contributed by atoms with van der Waals surface area (Å²) < 4.78 is 5.47. The van der Waals surface area contributed by atoms with Gasteiger partial charge in [-0.2, -0.15) is 0 Å². The molecule has 0 bridgehead atoms. The number of carbonyl (C=O) groups excluding carboxylic acids is 1. The van der Waals surface area contributed by atoms with E-state index in [4.69, 9.17) is 4.74 Å². The van der Waals surface area contributed by atoms with Crippen LogP contribution in [0.2, 0.25) is 0 Å². The number of esters is 1. The predicted octanol–water partition coefficient (Wildman–Crippen LogP) is 4.84. The van der Waals surface area contributed by atoms with Crippen LogP contribution in [0.25, 0.3) is 0 Å². The first-order valence-corrected chi connectivity index (χ1v) is 9.46. The summed E-state index contributed by atoms with van der Waals surface area (Å²) in [5, 5.41) is 0. The Balaban J connectivity index is 1.84. The molecule has 3 aliphatic carbocycles. The summed E-state index contributed by atoms with van der Waals surface area (Å²) >= 11 is 0. The minimum absolute atomic E-state index is 0.0646. The maximum Gasteiger partial charge on any atom is 0.309 e. The van der Waals surface area contributed by atoms with Gasteiger partial charge in [0.2, 0.25) is 0 Å². The molecule has 0 unspecified atom stereocenters. The smallest absolute Gasteiger partial charge is 0.309 e. The molecule has 2 saturated carbocycles. The summed E-state index contributed by atoms with van der Waals surface area (Å²) in [5.41, 5.74) is 0. The average Bonchev–Trinajstić information content (AvgIpc) is 2.51. The minimum atomic E-state index is 0.0646. The molecular formula is C20H32O2. The molecule has 0 aromatic carbocycles. The Hall–Kier alpha value is -0.790. The van der Waals surface area contributed by atoms with E-state index in [0.29, 0.717) is 30.3 Å². The highest BCUT2D eigenvalue weighted by atomic mass is 16.5. The van der Waals surface area contributed by atoms with E-state index in [1.165, 1.54) is 38.5 Å². The van der Waals surface area contributed by atoms with Crippen LogP contribution in [0.5, 0.6) is 0 Å². The van der Waals surface area contributed by atoms with E-state index in [1.54, 1.807) is 0 Å². The molecule has 0 spiro atoms. The summed E-state index contributed by atoms with van der Waals surface area (Å²) in [6, 6.07) is 0. The molecule has 0 saturated heterocycles. The number of hydrogen-bond donors (Lipinski definition) is 0. The Kier molecular flexibility index (Phi) is 4.94. The molecule has 22 heavy (non-hydrogen) atoms. The number of allylic oxidation sites excluding steroid dienone is 2. The lowest BCUT2D eigenvalue weighted by molar-refractivity contribution is -0.155. The monoisotopic (exact) mass is 304 g/mol. The Bertz CT molecular complexity index is 425. The van der Waals surface area contributed by atoms with Gasteiger partial charge in [-0.3, -0.25) is 4.79 Å². The van der Waals surface area contributed by atoms with E-state index in [1.807, 2.05) is 6.92 Å². The van der Waals surface area contributed by atoms with Crippen LogP contribution in [0.15, 0.2) is 12.2 Å². The van der Waals surface area contributed by atoms with Crippen LogP contribution in [0.1, 0.15) is 59.3 Å². The van der Waals surface area contributed by atoms with Crippen molar-refractivity contribution in [3.05, 3.63) is 12.2 Å². The van der Waals surface area contributed by atoms with E-state index < -0.39 is 0 Å². The van der Waals surface area contributed by atoms with Gasteiger partial charge < -0.3 is 4.74 Å². The van der Waals surface area contributed by atoms with Gasteiger partial charge in [0.25, 0.3) is 0 Å². The lowest BCUT2D eigenvalue weighted by atomic mass is 9.56. The zero-order valence-electron chi connectivity index (χ0n) is 14.5. The van der Waals surface area contributed by atoms with Crippen molar-refractivity contribution in [3.63, 3.8) is 0 Å². The van der Waals surface area contributed by atoms with Gasteiger partial charge in [0, 0.05) is 0 Å². The lowest BCUT2D eigenvalue weighted by Crippen LogP contribution is -2.45. The molecule has 2 fully saturated rings. The summed E-state index contributed by atoms with van der Waals surface area (Å²) in [6.45, 7) is 6.92. The summed E-state index contributed by atoms with van der Waals surface area (Å²) in [7, 11) is 0. The van der Waals surface area contributed by atoms with Crippen LogP contribution < -0.4 is 0 Å². The number of carbonyl (C=O) groups is 1. The van der Waals surface area contributed by atoms with E-state index >= 15 is 0 Å². The maximum atomic E-state index is 12.7. The molecule has 0 N–H and O–H groups in total. The third-order valence-electron chi connectivity index (χ3n) is 6.55. The van der Waals surface area contributed by atoms with Gasteiger partial charge >= 0.3 is 5.97 Å². The zero-order chi connectivity index (χ0) is 15.7. The van der Waals surface area contributed by atoms with E-state index in [0.717, 1.165) is 11.8 Å². The Morgan fingerprint density at radius 3 is 2.45 bits per heavy atom. The Labute approximate surface area is 135 Å². The van der Waals surface area contributed by atoms with Crippen molar-refractivity contribution >= 4 is 5.97 Å². The summed E-state index contributed by atoms with van der Waals surface area (Å²) in [6.07, 6.45) is 13.0. The summed E-state index contributed by atoms with van der Waals surface area (Å²) in [4.78, 5) is 12.7. The van der Waals surface area contributed by atoms with Gasteiger partial charge in [0.15, 0.2) is 0 Å². The molecule has 124 valence electrons. The first kappa shape index (κ1) is 16.1. The van der Waals surface area contributed by atoms with Crippen LogP contribution in [-0.2, 0) is 9.53 Å². The standard InChI is InChI=1S/C20H32O2/c1-4-22-20(21)19-17(13(2)3)10-9-16-11-14-7-5-6-8-15(14)12-18(16)19/h9-10,13-19H,4-8,11-12H2,1-3H3/t14-,15-,16+,17-,18+,19+/m0/s1. The number of ether oxygens (including phenoxy) is 1. The van der Waals surface area contributed by atoms with Crippen molar-refractivity contribution < 1.29 is 9.53 Å². The van der Waals surface area contributed by atoms with Crippen LogP contribution in [0.3, 0.4) is 0 Å². The fraction of sp³-hybridized carbons (Fsp3) is 0.850. The van der Waals surface area contributed by atoms with Gasteiger partial charge in [0.05, 0.1) is 12.5 Å². The van der Waals surface area contributed by atoms with Crippen LogP contribution in [0.4, 0.5) is 0 Å². The lowest BCUT2D eigenvalue weighted by Gasteiger charge is -2.49. The quantitative estimate of drug-likeness (QED) is 0.551. The molecule has 3 aliphatic rings. The van der Waals surface area contributed by atoms with Crippen molar-refractivity contribution in [1.82, 2.24) is 0 Å². The third-order valence-corrected chi connectivity index (χ3v) is 6.55. The van der Waals surface area contributed by atoms with Crippen molar-refractivity contribution in [2.75, 3.05) is 6.61 Å². The van der Waals surface area contributed by atoms with Gasteiger partial charge in [-0.15, -0.1) is 0 Å². The van der Waals surface area contributed by atoms with Gasteiger partial charge in [-0.25, -0.2) is 0 Å². The fourth-order valence-electron chi connectivity index (χ4n) is 5.47. The average molecular weight is 304 g/mol. The van der Waals surface area contributed by atoms with Crippen LogP contribution >= 0.6 is 0 Å². The van der Waals surface area contributed by atoms with Crippen molar-refractivity contribution in [3.8, 4) is 0 Å². The molecule has 0 aliphatic heterocycles. The van der Waals surface area contributed by atoms with Gasteiger partial charge in [-0.1, -0.05) is 51.7 Å². The van der Waals surface area contributed by atoms with E-state index in [9.17, 15) is 4.79 Å². The molecule has 0 aromatic rings. The normalized spacial score (nSPS) is 40.9. The largest absolute Gasteiger partial charge is 0.466 e. The molecule has 3 rings (SSSR count). The molecule has 0 radical (unpaired) electrons. The number of hydrogen-bond acceptors (Lipinski definition) is 2. The summed E-state index contributed by atoms with van der Waals surface area (Å²) in [5.74, 6) is 3.95. The molecule has 0 amide bonds. The van der Waals surface area contributed by atoms with Crippen LogP contribution in [-0.4, -0.2) is 12.6 Å². The molecule has 0 aromatic heterocycles. The van der Waals surface area contributed by atoms with Gasteiger partial charge in [0.1, 0.15) is 0 Å². The Morgan fingerprint density at radius 1 is 1.14 bits per heavy atom. The number of rotatable bonds is 3. The molecular weight excluding hydrogens is 272 g/mol. The number of fused-ring (bicyclic) bond motifs is 2. The molecule has 6 atom stereocenters. The highest BCUT2D eigenvalue weighted by molar-refractivity contribution is 5.74. The maximum absolute atomic E-state index is 12.7. The van der Waals surface area contributed by atoms with Crippen molar-refractivity contribution in [1.29, 1.82) is 0 Å². The highest BCUT2D eigenvalue weighted by Crippen LogP contribution is 2.52. The molecule has 2 heteroatoms. The topological polar surface area (TPSA) is 26.3 Å². The highest BCUT2D eigenvalue weighted by Gasteiger charge is 2.47. The zero-order valence-corrected chi connectivity index (χ0v) is 14.5. The second kappa shape index (κ2) is 6.76. The second-order valence-electron chi connectivity index (χ2n) is 8.09. The predicted molar refractivity (Wildman–Crippen MR) is 89.3 cm³/mol. The second-order valence-corrected chi connectivity index (χ2v) is 8.09. The minimum Gasteiger partial charge on any atom is -0.466 e. The SMILES string of the molecule is CCOC(=O)[C@H]1[C@@H]2C[C@@H]3CCCC[C@H]3C[C@H]2C=C[C@H]1C(C)C. The van der Waals surface area contributed by atoms with Crippen molar-refractivity contribution in [2.24, 2.45) is 41.4 Å². The van der Waals surface area contributed by atoms with Gasteiger partial charge in [-0.05, 0) is 55.3 Å². The Morgan fingerprint density at radius 2 is 1.82 bits per heavy atom. The fourth-order valence-corrected chi connectivity index (χ4v) is 5.47. The first-order valence-electron chi connectivity index (χ1n) is 9.46. The first-order chi connectivity index (χ1) is 10.6. The molecule has 0 heterocycles. The van der Waals surface area contributed by atoms with Crippen LogP contribution in [0, 0.1) is 41.4 Å². The van der Waals surface area contributed by atoms with E-state index in [-0.39, 0.29) is 11.9 Å².